The average molecular weight is 637 g/mol. The molecule has 0 heterocycles. The maximum Gasteiger partial charge on any atom is 3.00 e. The van der Waals surface area contributed by atoms with Crippen molar-refractivity contribution in [1.82, 2.24) is 0 Å². The first-order valence-electron chi connectivity index (χ1n) is 7.17. The number of carbonyl (C=O) groups is 3. The van der Waals surface area contributed by atoms with Crippen LogP contribution in [0.3, 0.4) is 0 Å². The summed E-state index contributed by atoms with van der Waals surface area (Å²) in [4.78, 5) is 27.9. The van der Waals surface area contributed by atoms with Gasteiger partial charge < -0.3 is 29.7 Å². The van der Waals surface area contributed by atoms with Crippen LogP contribution in [0.25, 0.3) is 0 Å². The number of alkyl halides is 18. The molecule has 0 aliphatic rings. The quantitative estimate of drug-likeness (QED) is 0.346. The molecule has 6 nitrogen and oxygen atoms in total. The van der Waals surface area contributed by atoms with Gasteiger partial charge in [0, 0.05) is 0 Å². The second-order valence-electron chi connectivity index (χ2n) is 5.36. The molecule has 0 fully saturated rings. The molecule has 0 N–H and O–H groups in total. The number of rotatable bonds is 9. The second-order valence-corrected chi connectivity index (χ2v) is 5.36. The van der Waals surface area contributed by atoms with Crippen LogP contribution < -0.4 is 15.3 Å². The zero-order valence-corrected chi connectivity index (χ0v) is 17.2. The molecule has 0 aromatic rings. The van der Waals surface area contributed by atoms with Gasteiger partial charge in [-0.15, -0.1) is 0 Å². The van der Waals surface area contributed by atoms with Crippen LogP contribution in [0, 0.1) is 0 Å². The van der Waals surface area contributed by atoms with E-state index in [1.54, 1.807) is 0 Å². The Morgan fingerprint density at radius 1 is 0.405 bits per heavy atom. The maximum absolute atomic E-state index is 11.7. The summed E-state index contributed by atoms with van der Waals surface area (Å²) >= 11 is 0. The van der Waals surface area contributed by atoms with Crippen LogP contribution >= 0.6 is 0 Å². The molecule has 0 saturated carbocycles. The molecule has 1 radical (unpaired) electrons. The Hall–Kier alpha value is -2.32. The van der Waals surface area contributed by atoms with Crippen LogP contribution in [0.2, 0.25) is 0 Å². The predicted octanol–water partition coefficient (Wildman–Crippen LogP) is 0.813. The van der Waals surface area contributed by atoms with E-state index in [-0.39, 0.29) is 17.4 Å². The smallest absolute Gasteiger partial charge is 0.544 e. The fourth-order valence-electron chi connectivity index (χ4n) is 0.819. The molecule has 0 aliphatic heterocycles. The van der Waals surface area contributed by atoms with Gasteiger partial charge in [-0.1, -0.05) is 0 Å². The molecule has 0 aliphatic carbocycles. The van der Waals surface area contributed by atoms with Crippen molar-refractivity contribution in [1.29, 1.82) is 0 Å². The number of hydrogen-bond acceptors (Lipinski definition) is 6. The van der Waals surface area contributed by atoms with Crippen molar-refractivity contribution in [2.24, 2.45) is 0 Å². The van der Waals surface area contributed by atoms with Crippen molar-refractivity contribution in [3.63, 3.8) is 0 Å². The molecule has 0 spiro atoms. The van der Waals surface area contributed by atoms with Gasteiger partial charge in [0.1, 0.15) is 17.9 Å². The van der Waals surface area contributed by atoms with Gasteiger partial charge in [-0.3, -0.25) is 0 Å². The monoisotopic (exact) mass is 637 g/mol. The minimum Gasteiger partial charge on any atom is -0.544 e. The third-order valence-electron chi connectivity index (χ3n) is 2.85. The third-order valence-corrected chi connectivity index (χ3v) is 2.85. The van der Waals surface area contributed by atoms with Crippen LogP contribution in [-0.2, 0) is 31.7 Å². The summed E-state index contributed by atoms with van der Waals surface area (Å²) in [6.07, 6.45) is -14.3. The SMILES string of the molecule is O=C([O-])C(F)(F)C(F)(F)C(F)F.O=C([O-])C(F)(F)C(F)(F)C(F)F.O=C([O-])C(F)(F)C(F)(F)C(F)F.[Cr+3]. The molecule has 0 amide bonds. The molecule has 0 aromatic carbocycles. The summed E-state index contributed by atoms with van der Waals surface area (Å²) in [6, 6.07) is 0. The Balaban J connectivity index is -0.000000218. The Morgan fingerprint density at radius 2 is 0.514 bits per heavy atom. The van der Waals surface area contributed by atoms with Gasteiger partial charge in [0.2, 0.25) is 0 Å². The number of halogens is 18. The zero-order chi connectivity index (χ0) is 30.5. The molecule has 37 heavy (non-hydrogen) atoms. The van der Waals surface area contributed by atoms with Crippen molar-refractivity contribution in [3.8, 4) is 0 Å². The second kappa shape index (κ2) is 13.5. The molecular formula is C12H3CrF18O6. The predicted molar refractivity (Wildman–Crippen MR) is 62.7 cm³/mol. The third kappa shape index (κ3) is 9.18. The molecule has 0 unspecified atom stereocenters. The van der Waals surface area contributed by atoms with Crippen LogP contribution in [0.4, 0.5) is 79.0 Å². The summed E-state index contributed by atoms with van der Waals surface area (Å²) in [5.41, 5.74) is 0. The number of aliphatic carboxylic acids is 3. The van der Waals surface area contributed by atoms with Crippen LogP contribution in [0.5, 0.6) is 0 Å². The van der Waals surface area contributed by atoms with Crippen LogP contribution in [0.15, 0.2) is 0 Å². The molecule has 219 valence electrons. The van der Waals surface area contributed by atoms with E-state index in [4.69, 9.17) is 0 Å². The Morgan fingerprint density at radius 3 is 0.541 bits per heavy atom. The Kier molecular flexibility index (Phi) is 15.2. The van der Waals surface area contributed by atoms with Gasteiger partial charge in [-0.25, -0.2) is 26.3 Å². The first-order valence-corrected chi connectivity index (χ1v) is 7.17. The van der Waals surface area contributed by atoms with E-state index in [9.17, 15) is 109 Å². The van der Waals surface area contributed by atoms with Crippen molar-refractivity contribution in [2.75, 3.05) is 0 Å². The van der Waals surface area contributed by atoms with Gasteiger partial charge in [0.15, 0.2) is 0 Å². The van der Waals surface area contributed by atoms with Crippen molar-refractivity contribution < 1.29 is 126 Å². The summed E-state index contributed by atoms with van der Waals surface area (Å²) in [5.74, 6) is -45.9. The molecule has 0 atom stereocenters. The zero-order valence-electron chi connectivity index (χ0n) is 15.9. The molecule has 0 saturated heterocycles. The Bertz CT molecular complexity index is 670. The van der Waals surface area contributed by atoms with E-state index in [2.05, 4.69) is 0 Å². The number of carboxylic acids is 3. The van der Waals surface area contributed by atoms with E-state index in [0.29, 0.717) is 0 Å². The van der Waals surface area contributed by atoms with Gasteiger partial charge in [0.25, 0.3) is 0 Å². The molecule has 25 heteroatoms. The van der Waals surface area contributed by atoms with Crippen molar-refractivity contribution in [2.45, 2.75) is 54.8 Å². The molecule has 0 aromatic heterocycles. The molecule has 0 bridgehead atoms. The molecule has 0 rings (SSSR count). The summed E-state index contributed by atoms with van der Waals surface area (Å²) in [7, 11) is 0. The minimum absolute atomic E-state index is 0. The number of carboxylic acid groups (broad SMARTS) is 3. The van der Waals surface area contributed by atoms with Gasteiger partial charge in [-0.2, -0.15) is 52.7 Å². The van der Waals surface area contributed by atoms with E-state index in [1.165, 1.54) is 0 Å². The van der Waals surface area contributed by atoms with E-state index >= 15 is 0 Å². The van der Waals surface area contributed by atoms with E-state index in [1.807, 2.05) is 0 Å². The van der Waals surface area contributed by atoms with Gasteiger partial charge in [-0.05, 0) is 0 Å². The topological polar surface area (TPSA) is 120 Å². The summed E-state index contributed by atoms with van der Waals surface area (Å²) in [6.45, 7) is 0. The summed E-state index contributed by atoms with van der Waals surface area (Å²) in [5, 5.41) is 27.9. The number of carbonyl (C=O) groups excluding carboxylic acids is 3. The Labute approximate surface area is 199 Å². The normalized spacial score (nSPS) is 13.2. The fourth-order valence-corrected chi connectivity index (χ4v) is 0.819. The summed E-state index contributed by atoms with van der Waals surface area (Å²) < 4.78 is 207. The number of hydrogen-bond donors (Lipinski definition) is 0. The van der Waals surface area contributed by atoms with Gasteiger partial charge >= 0.3 is 72.2 Å². The van der Waals surface area contributed by atoms with Crippen molar-refractivity contribution in [3.05, 3.63) is 0 Å². The maximum atomic E-state index is 11.7. The van der Waals surface area contributed by atoms with Crippen LogP contribution in [-0.4, -0.2) is 72.7 Å². The molecular weight excluding hydrogens is 634 g/mol. The standard InChI is InChI=1S/3C4H2F6O2.Cr/c3*5-1(6)3(7,8)4(9,10)2(11)12;/h3*1H,(H,11,12);/q;;;+3/p-3. The van der Waals surface area contributed by atoms with Gasteiger partial charge in [0.05, 0.1) is 0 Å². The largest absolute Gasteiger partial charge is 3.00 e. The average Bonchev–Trinajstić information content (AvgIpc) is 2.67. The fraction of sp³-hybridized carbons (Fsp3) is 0.750. The first-order chi connectivity index (χ1) is 15.4. The van der Waals surface area contributed by atoms with E-state index in [0.717, 1.165) is 0 Å². The van der Waals surface area contributed by atoms with E-state index < -0.39 is 72.7 Å². The minimum atomic E-state index is -5.91. The van der Waals surface area contributed by atoms with Crippen LogP contribution in [0.1, 0.15) is 0 Å². The first kappa shape index (κ1) is 41.8. The van der Waals surface area contributed by atoms with Crippen molar-refractivity contribution >= 4 is 17.9 Å².